The van der Waals surface area contributed by atoms with Crippen LogP contribution in [0.5, 0.6) is 11.5 Å². The number of carbonyl (C=O) groups is 1. The lowest BCUT2D eigenvalue weighted by Gasteiger charge is -2.18. The number of rotatable bonds is 8. The van der Waals surface area contributed by atoms with Crippen LogP contribution in [0.4, 0.5) is 0 Å². The summed E-state index contributed by atoms with van der Waals surface area (Å²) >= 11 is 1.41. The fourth-order valence-electron chi connectivity index (χ4n) is 3.64. The first-order valence-electron chi connectivity index (χ1n) is 10.1. The lowest BCUT2D eigenvalue weighted by molar-refractivity contribution is 0.0935. The van der Waals surface area contributed by atoms with Crippen molar-refractivity contribution in [2.24, 2.45) is 5.92 Å². The quantitative estimate of drug-likeness (QED) is 0.562. The van der Waals surface area contributed by atoms with E-state index in [9.17, 15) is 4.79 Å². The fraction of sp³-hybridized carbons (Fsp3) is 0.333. The Morgan fingerprint density at radius 1 is 1.13 bits per heavy atom. The van der Waals surface area contributed by atoms with Crippen molar-refractivity contribution in [3.05, 3.63) is 64.7 Å². The molecule has 1 fully saturated rings. The van der Waals surface area contributed by atoms with E-state index in [-0.39, 0.29) is 11.9 Å². The highest BCUT2D eigenvalue weighted by molar-refractivity contribution is 7.17. The summed E-state index contributed by atoms with van der Waals surface area (Å²) in [5, 5.41) is 4.07. The van der Waals surface area contributed by atoms with Crippen molar-refractivity contribution >= 4 is 17.2 Å². The maximum absolute atomic E-state index is 13.1. The number of hydrogen-bond acceptors (Lipinski definition) is 5. The van der Waals surface area contributed by atoms with E-state index in [2.05, 4.69) is 22.4 Å². The van der Waals surface area contributed by atoms with E-state index in [1.807, 2.05) is 43.3 Å². The molecule has 1 saturated carbocycles. The molecule has 3 aromatic rings. The maximum Gasteiger partial charge on any atom is 0.263 e. The topological polar surface area (TPSA) is 60.5 Å². The van der Waals surface area contributed by atoms with Gasteiger partial charge in [0.25, 0.3) is 5.91 Å². The summed E-state index contributed by atoms with van der Waals surface area (Å²) in [6.45, 7) is 1.89. The van der Waals surface area contributed by atoms with E-state index in [1.165, 1.54) is 29.7 Å². The van der Waals surface area contributed by atoms with Crippen LogP contribution in [-0.2, 0) is 6.42 Å². The molecule has 1 aromatic heterocycles. The van der Waals surface area contributed by atoms with E-state index in [4.69, 9.17) is 9.47 Å². The first-order valence-corrected chi connectivity index (χ1v) is 10.9. The smallest absolute Gasteiger partial charge is 0.263 e. The van der Waals surface area contributed by atoms with E-state index >= 15 is 0 Å². The third-order valence-corrected chi connectivity index (χ3v) is 6.64. The van der Waals surface area contributed by atoms with Crippen molar-refractivity contribution in [2.45, 2.75) is 32.2 Å². The zero-order valence-electron chi connectivity index (χ0n) is 17.5. The second kappa shape index (κ2) is 8.88. The minimum Gasteiger partial charge on any atom is -0.493 e. The van der Waals surface area contributed by atoms with E-state index in [1.54, 1.807) is 14.2 Å². The van der Waals surface area contributed by atoms with Crippen LogP contribution >= 0.6 is 11.3 Å². The highest BCUT2D eigenvalue weighted by Crippen LogP contribution is 2.36. The van der Waals surface area contributed by atoms with Gasteiger partial charge in [0.1, 0.15) is 9.88 Å². The standard InChI is InChI=1S/C24H26N2O3S/c1-15-22(30-24(25-15)18-11-12-20(28-2)21(14-18)29-3)23(27)26-19(17-9-10-17)13-16-7-5-4-6-8-16/h4-8,11-12,14,17,19H,9-10,13H2,1-3H3,(H,26,27). The molecule has 0 saturated heterocycles. The second-order valence-electron chi connectivity index (χ2n) is 7.61. The normalized spacial score (nSPS) is 14.2. The Hall–Kier alpha value is -2.86. The van der Waals surface area contributed by atoms with Crippen LogP contribution in [0.15, 0.2) is 48.5 Å². The summed E-state index contributed by atoms with van der Waals surface area (Å²) in [4.78, 5) is 18.4. The number of hydrogen-bond donors (Lipinski definition) is 1. The van der Waals surface area contributed by atoms with Gasteiger partial charge in [0.05, 0.1) is 19.9 Å². The number of thiazole rings is 1. The van der Waals surface area contributed by atoms with Gasteiger partial charge < -0.3 is 14.8 Å². The van der Waals surface area contributed by atoms with Gasteiger partial charge in [-0.15, -0.1) is 11.3 Å². The van der Waals surface area contributed by atoms with E-state index in [0.717, 1.165) is 22.7 Å². The van der Waals surface area contributed by atoms with E-state index in [0.29, 0.717) is 22.3 Å². The number of nitrogens with zero attached hydrogens (tertiary/aromatic N) is 1. The summed E-state index contributed by atoms with van der Waals surface area (Å²) in [6.07, 6.45) is 3.21. The molecule has 1 atom stereocenters. The molecule has 1 unspecified atom stereocenters. The van der Waals surface area contributed by atoms with Gasteiger partial charge in [-0.2, -0.15) is 0 Å². The Morgan fingerprint density at radius 3 is 2.53 bits per heavy atom. The Bertz CT molecular complexity index is 1030. The van der Waals surface area contributed by atoms with Crippen LogP contribution in [0.3, 0.4) is 0 Å². The number of amides is 1. The molecule has 1 aliphatic rings. The Balaban J connectivity index is 1.53. The lowest BCUT2D eigenvalue weighted by Crippen LogP contribution is -2.38. The van der Waals surface area contributed by atoms with Crippen molar-refractivity contribution < 1.29 is 14.3 Å². The molecule has 0 radical (unpaired) electrons. The summed E-state index contributed by atoms with van der Waals surface area (Å²) in [7, 11) is 3.22. The molecular weight excluding hydrogens is 396 g/mol. The van der Waals surface area contributed by atoms with Gasteiger partial charge >= 0.3 is 0 Å². The van der Waals surface area contributed by atoms with Crippen LogP contribution in [0.2, 0.25) is 0 Å². The number of carbonyl (C=O) groups excluding carboxylic acids is 1. The molecule has 1 amide bonds. The zero-order chi connectivity index (χ0) is 21.1. The monoisotopic (exact) mass is 422 g/mol. The molecular formula is C24H26N2O3S. The molecule has 156 valence electrons. The Morgan fingerprint density at radius 2 is 1.87 bits per heavy atom. The number of nitrogens with one attached hydrogen (secondary N) is 1. The molecule has 4 rings (SSSR count). The van der Waals surface area contributed by atoms with Gasteiger partial charge in [-0.3, -0.25) is 4.79 Å². The molecule has 0 bridgehead atoms. The fourth-order valence-corrected chi connectivity index (χ4v) is 4.60. The lowest BCUT2D eigenvalue weighted by atomic mass is 10.0. The average Bonchev–Trinajstić information content (AvgIpc) is 3.55. The molecule has 0 spiro atoms. The molecule has 6 heteroatoms. The highest BCUT2D eigenvalue weighted by Gasteiger charge is 2.33. The van der Waals surface area contributed by atoms with E-state index < -0.39 is 0 Å². The minimum atomic E-state index is -0.0374. The van der Waals surface area contributed by atoms with Crippen LogP contribution in [0.25, 0.3) is 10.6 Å². The molecule has 1 aliphatic carbocycles. The Labute approximate surface area is 181 Å². The average molecular weight is 423 g/mol. The van der Waals surface area contributed by atoms with Crippen LogP contribution in [-0.4, -0.2) is 31.2 Å². The van der Waals surface area contributed by atoms with Crippen molar-refractivity contribution in [3.63, 3.8) is 0 Å². The van der Waals surface area contributed by atoms with Crippen molar-refractivity contribution in [2.75, 3.05) is 14.2 Å². The van der Waals surface area contributed by atoms with Gasteiger partial charge in [0.15, 0.2) is 11.5 Å². The van der Waals surface area contributed by atoms with Crippen LogP contribution in [0.1, 0.15) is 33.8 Å². The molecule has 1 N–H and O–H groups in total. The predicted molar refractivity (Wildman–Crippen MR) is 120 cm³/mol. The summed E-state index contributed by atoms with van der Waals surface area (Å²) in [5.41, 5.74) is 2.90. The third-order valence-electron chi connectivity index (χ3n) is 5.44. The first kappa shape index (κ1) is 20.4. The first-order chi connectivity index (χ1) is 14.6. The highest BCUT2D eigenvalue weighted by atomic mass is 32.1. The molecule has 2 aromatic carbocycles. The Kier molecular flexibility index (Phi) is 6.04. The zero-order valence-corrected chi connectivity index (χ0v) is 18.3. The van der Waals surface area contributed by atoms with Gasteiger partial charge in [-0.25, -0.2) is 4.98 Å². The predicted octanol–water partition coefficient (Wildman–Crippen LogP) is 4.89. The second-order valence-corrected chi connectivity index (χ2v) is 8.61. The number of ether oxygens (including phenoxy) is 2. The van der Waals surface area contributed by atoms with Crippen LogP contribution < -0.4 is 14.8 Å². The van der Waals surface area contributed by atoms with Crippen molar-refractivity contribution in [3.8, 4) is 22.1 Å². The number of methoxy groups -OCH3 is 2. The van der Waals surface area contributed by atoms with Crippen molar-refractivity contribution in [1.82, 2.24) is 10.3 Å². The van der Waals surface area contributed by atoms with Gasteiger partial charge in [0.2, 0.25) is 0 Å². The third kappa shape index (κ3) is 4.49. The molecule has 0 aliphatic heterocycles. The van der Waals surface area contributed by atoms with Crippen molar-refractivity contribution in [1.29, 1.82) is 0 Å². The largest absolute Gasteiger partial charge is 0.493 e. The number of benzene rings is 2. The summed E-state index contributed by atoms with van der Waals surface area (Å²) in [5.74, 6) is 1.84. The minimum absolute atomic E-state index is 0.0374. The maximum atomic E-state index is 13.1. The number of aromatic nitrogens is 1. The van der Waals surface area contributed by atoms with Gasteiger partial charge in [0, 0.05) is 11.6 Å². The molecule has 1 heterocycles. The molecule has 30 heavy (non-hydrogen) atoms. The summed E-state index contributed by atoms with van der Waals surface area (Å²) in [6, 6.07) is 16.2. The van der Waals surface area contributed by atoms with Gasteiger partial charge in [-0.1, -0.05) is 30.3 Å². The summed E-state index contributed by atoms with van der Waals surface area (Å²) < 4.78 is 10.7. The molecule has 5 nitrogen and oxygen atoms in total. The van der Waals surface area contributed by atoms with Gasteiger partial charge in [-0.05, 0) is 55.9 Å². The van der Waals surface area contributed by atoms with Crippen LogP contribution in [0, 0.1) is 12.8 Å². The SMILES string of the molecule is COc1ccc(-c2nc(C)c(C(=O)NC(Cc3ccccc3)C3CC3)s2)cc1OC. The number of aryl methyl sites for hydroxylation is 1.